The van der Waals surface area contributed by atoms with E-state index in [1.165, 1.54) is 0 Å². The van der Waals surface area contributed by atoms with Gasteiger partial charge in [-0.15, -0.1) is 0 Å². The molecule has 0 aliphatic carbocycles. The zero-order chi connectivity index (χ0) is 18.5. The largest absolute Gasteiger partial charge is 0.348 e. The second kappa shape index (κ2) is 8.40. The summed E-state index contributed by atoms with van der Waals surface area (Å²) in [5, 5.41) is 4.93. The maximum Gasteiger partial charge on any atom is 0.227 e. The Balaban J connectivity index is 1.65. The number of hydrogen-bond donors (Lipinski definition) is 1. The third-order valence-electron chi connectivity index (χ3n) is 4.89. The van der Waals surface area contributed by atoms with E-state index in [1.54, 1.807) is 12.5 Å². The van der Waals surface area contributed by atoms with Crippen molar-refractivity contribution in [3.05, 3.63) is 30.7 Å². The van der Waals surface area contributed by atoms with Crippen LogP contribution < -0.4 is 5.32 Å². The van der Waals surface area contributed by atoms with E-state index in [0.29, 0.717) is 11.7 Å². The Morgan fingerprint density at radius 1 is 1.38 bits per heavy atom. The van der Waals surface area contributed by atoms with Gasteiger partial charge in [0.1, 0.15) is 6.33 Å². The molecule has 3 rings (SSSR count). The molecule has 1 aliphatic rings. The summed E-state index contributed by atoms with van der Waals surface area (Å²) in [4.78, 5) is 25.0. The van der Waals surface area contributed by atoms with E-state index < -0.39 is 0 Å². The molecule has 1 aromatic carbocycles. The number of aromatic nitrogens is 2. The molecule has 0 saturated carbocycles. The Hall–Kier alpha value is -2.28. The van der Waals surface area contributed by atoms with Gasteiger partial charge in [-0.3, -0.25) is 4.79 Å². The fourth-order valence-corrected chi connectivity index (χ4v) is 3.71. The molecule has 1 saturated heterocycles. The summed E-state index contributed by atoms with van der Waals surface area (Å²) in [6.45, 7) is 7.12. The number of likely N-dealkylation sites (tertiary alicyclic amines) is 1. The lowest BCUT2D eigenvalue weighted by atomic mass is 9.96. The fraction of sp³-hybridized carbons (Fsp3) is 0.474. The van der Waals surface area contributed by atoms with Crippen LogP contribution in [0.2, 0.25) is 0 Å². The monoisotopic (exact) mass is 371 g/mol. The minimum Gasteiger partial charge on any atom is -0.348 e. The average Bonchev–Trinajstić information content (AvgIpc) is 2.69. The topological polar surface area (TPSA) is 61.4 Å². The lowest BCUT2D eigenvalue weighted by Gasteiger charge is -2.36. The van der Waals surface area contributed by atoms with E-state index in [2.05, 4.69) is 20.2 Å². The summed E-state index contributed by atoms with van der Waals surface area (Å²) in [6, 6.07) is 5.90. The first-order valence-electron chi connectivity index (χ1n) is 9.16. The van der Waals surface area contributed by atoms with Gasteiger partial charge in [-0.1, -0.05) is 0 Å². The van der Waals surface area contributed by atoms with E-state index in [1.807, 2.05) is 36.9 Å². The van der Waals surface area contributed by atoms with Gasteiger partial charge in [0.15, 0.2) is 5.11 Å². The number of benzene rings is 1. The molecular weight excluding hydrogens is 346 g/mol. The van der Waals surface area contributed by atoms with Crippen LogP contribution in [0.5, 0.6) is 0 Å². The first-order valence-corrected chi connectivity index (χ1v) is 9.57. The van der Waals surface area contributed by atoms with Crippen LogP contribution in [0.25, 0.3) is 10.9 Å². The van der Waals surface area contributed by atoms with Gasteiger partial charge >= 0.3 is 0 Å². The number of carbonyl (C=O) groups excluding carboxylic acids is 1. The molecule has 0 unspecified atom stereocenters. The van der Waals surface area contributed by atoms with Crippen LogP contribution in [0, 0.1) is 5.92 Å². The number of hydrogen-bond acceptors (Lipinski definition) is 4. The lowest BCUT2D eigenvalue weighted by Crippen LogP contribution is -2.47. The molecule has 1 atom stereocenters. The van der Waals surface area contributed by atoms with Gasteiger partial charge in [0.2, 0.25) is 5.91 Å². The molecule has 1 aliphatic heterocycles. The van der Waals surface area contributed by atoms with Crippen LogP contribution in [0.1, 0.15) is 26.7 Å². The van der Waals surface area contributed by atoms with Crippen LogP contribution >= 0.6 is 12.2 Å². The van der Waals surface area contributed by atoms with E-state index in [9.17, 15) is 4.79 Å². The molecule has 0 spiro atoms. The lowest BCUT2D eigenvalue weighted by molar-refractivity contribution is -0.136. The molecule has 0 bridgehead atoms. The Morgan fingerprint density at radius 2 is 2.19 bits per heavy atom. The van der Waals surface area contributed by atoms with Crippen molar-refractivity contribution in [2.24, 2.45) is 5.92 Å². The highest BCUT2D eigenvalue weighted by molar-refractivity contribution is 7.80. The third kappa shape index (κ3) is 4.09. The van der Waals surface area contributed by atoms with Crippen molar-refractivity contribution in [2.45, 2.75) is 26.7 Å². The second-order valence-corrected chi connectivity index (χ2v) is 6.91. The van der Waals surface area contributed by atoms with Crippen LogP contribution in [0.15, 0.2) is 30.7 Å². The number of carbonyl (C=O) groups is 1. The summed E-state index contributed by atoms with van der Waals surface area (Å²) in [5.74, 6) is 0.263. The maximum absolute atomic E-state index is 12.7. The average molecular weight is 372 g/mol. The Kier molecular flexibility index (Phi) is 5.98. The molecular formula is C19H25N5OS. The van der Waals surface area contributed by atoms with Crippen LogP contribution in [0.4, 0.5) is 5.69 Å². The van der Waals surface area contributed by atoms with Crippen molar-refractivity contribution in [1.82, 2.24) is 19.8 Å². The molecule has 2 aromatic rings. The SMILES string of the molecule is CCN(CC)C(=O)[C@@H]1CCCN(C(=S)Nc2ccc3ncncc3c2)C1. The van der Waals surface area contributed by atoms with Crippen molar-refractivity contribution in [1.29, 1.82) is 0 Å². The third-order valence-corrected chi connectivity index (χ3v) is 5.25. The highest BCUT2D eigenvalue weighted by Crippen LogP contribution is 2.21. The zero-order valence-corrected chi connectivity index (χ0v) is 16.1. The fourth-order valence-electron chi connectivity index (χ4n) is 3.42. The molecule has 138 valence electrons. The molecule has 6 nitrogen and oxygen atoms in total. The van der Waals surface area contributed by atoms with E-state index >= 15 is 0 Å². The molecule has 0 radical (unpaired) electrons. The summed E-state index contributed by atoms with van der Waals surface area (Å²) in [7, 11) is 0. The summed E-state index contributed by atoms with van der Waals surface area (Å²) in [6.07, 6.45) is 5.24. The van der Waals surface area contributed by atoms with Crippen LogP contribution in [-0.4, -0.2) is 57.0 Å². The maximum atomic E-state index is 12.7. The van der Waals surface area contributed by atoms with Gasteiger partial charge in [-0.2, -0.15) is 0 Å². The van der Waals surface area contributed by atoms with Gasteiger partial charge in [-0.25, -0.2) is 9.97 Å². The quantitative estimate of drug-likeness (QED) is 0.834. The normalized spacial score (nSPS) is 17.2. The van der Waals surface area contributed by atoms with Crippen molar-refractivity contribution in [3.63, 3.8) is 0 Å². The molecule has 2 heterocycles. The number of fused-ring (bicyclic) bond motifs is 1. The number of piperidine rings is 1. The highest BCUT2D eigenvalue weighted by Gasteiger charge is 2.29. The predicted octanol–water partition coefficient (Wildman–Crippen LogP) is 2.91. The standard InChI is InChI=1S/C19H25N5OS/c1-3-23(4-2)18(25)14-6-5-9-24(12-14)19(26)22-16-7-8-17-15(10-16)11-20-13-21-17/h7-8,10-11,13-14H,3-6,9,12H2,1-2H3,(H,22,26)/t14-/m1/s1. The minimum absolute atomic E-state index is 0.0217. The number of amides is 1. The number of anilines is 1. The van der Waals surface area contributed by atoms with Gasteiger partial charge < -0.3 is 15.1 Å². The zero-order valence-electron chi connectivity index (χ0n) is 15.3. The summed E-state index contributed by atoms with van der Waals surface area (Å²) in [5.41, 5.74) is 1.81. The van der Waals surface area contributed by atoms with Gasteiger partial charge in [-0.05, 0) is 57.1 Å². The van der Waals surface area contributed by atoms with Crippen molar-refractivity contribution < 1.29 is 4.79 Å². The van der Waals surface area contributed by atoms with Gasteiger partial charge in [0.05, 0.1) is 11.4 Å². The second-order valence-electron chi connectivity index (χ2n) is 6.52. The van der Waals surface area contributed by atoms with E-state index in [0.717, 1.165) is 49.1 Å². The van der Waals surface area contributed by atoms with Crippen LogP contribution in [-0.2, 0) is 4.79 Å². The van der Waals surface area contributed by atoms with E-state index in [-0.39, 0.29) is 11.8 Å². The molecule has 1 aromatic heterocycles. The first-order chi connectivity index (χ1) is 12.6. The summed E-state index contributed by atoms with van der Waals surface area (Å²) >= 11 is 5.60. The molecule has 1 amide bonds. The minimum atomic E-state index is 0.0217. The number of thiocarbonyl (C=S) groups is 1. The number of nitrogens with zero attached hydrogens (tertiary/aromatic N) is 4. The predicted molar refractivity (Wildman–Crippen MR) is 108 cm³/mol. The number of nitrogens with one attached hydrogen (secondary N) is 1. The molecule has 26 heavy (non-hydrogen) atoms. The smallest absolute Gasteiger partial charge is 0.227 e. The van der Waals surface area contributed by atoms with Crippen molar-refractivity contribution in [2.75, 3.05) is 31.5 Å². The molecule has 7 heteroatoms. The van der Waals surface area contributed by atoms with E-state index in [4.69, 9.17) is 12.2 Å². The molecule has 1 fully saturated rings. The van der Waals surface area contributed by atoms with Gasteiger partial charge in [0, 0.05) is 43.4 Å². The van der Waals surface area contributed by atoms with Crippen molar-refractivity contribution >= 4 is 39.8 Å². The summed E-state index contributed by atoms with van der Waals surface area (Å²) < 4.78 is 0. The van der Waals surface area contributed by atoms with Crippen LogP contribution in [0.3, 0.4) is 0 Å². The first kappa shape index (κ1) is 18.5. The highest BCUT2D eigenvalue weighted by atomic mass is 32.1. The van der Waals surface area contributed by atoms with Gasteiger partial charge in [0.25, 0.3) is 0 Å². The Bertz CT molecular complexity index is 792. The molecule has 1 N–H and O–H groups in total. The van der Waals surface area contributed by atoms with Crippen molar-refractivity contribution in [3.8, 4) is 0 Å². The Labute approximate surface area is 159 Å². The Morgan fingerprint density at radius 3 is 2.96 bits per heavy atom. The number of rotatable bonds is 4.